The van der Waals surface area contributed by atoms with E-state index in [2.05, 4.69) is 10.6 Å². The Hall–Kier alpha value is -2.30. The molecule has 1 rings (SSSR count). The average Bonchev–Trinajstić information content (AvgIpc) is 2.45. The van der Waals surface area contributed by atoms with E-state index in [-0.39, 0.29) is 0 Å². The molecule has 0 aliphatic carbocycles. The highest BCUT2D eigenvalue weighted by molar-refractivity contribution is 6.43. The third-order valence-corrected chi connectivity index (χ3v) is 2.77. The molecule has 0 aliphatic heterocycles. The Morgan fingerprint density at radius 3 is 2.86 bits per heavy atom. The maximum atomic E-state index is 11.5. The predicted molar refractivity (Wildman–Crippen MR) is 80.7 cm³/mol. The molecule has 0 bridgehead atoms. The Morgan fingerprint density at radius 2 is 2.24 bits per heavy atom. The Labute approximate surface area is 124 Å². The molecule has 0 fully saturated rings. The summed E-state index contributed by atoms with van der Waals surface area (Å²) in [5.74, 6) is -0.752. The van der Waals surface area contributed by atoms with Crippen molar-refractivity contribution in [2.45, 2.75) is 26.3 Å². The van der Waals surface area contributed by atoms with Crippen LogP contribution < -0.4 is 10.6 Å². The van der Waals surface area contributed by atoms with Crippen LogP contribution in [0.1, 0.15) is 25.0 Å². The molecular weight excluding hydrogens is 269 g/mol. The summed E-state index contributed by atoms with van der Waals surface area (Å²) in [6.07, 6.45) is 1.76. The molecule has 0 aliphatic rings. The third-order valence-electron chi connectivity index (χ3n) is 2.77. The van der Waals surface area contributed by atoms with Gasteiger partial charge in [0.1, 0.15) is 0 Å². The minimum Gasteiger partial charge on any atom is -0.426 e. The fraction of sp³-hybridized carbons (Fsp3) is 0.286. The smallest absolute Gasteiger partial charge is 0.426 e. The maximum Gasteiger partial charge on any atom is 0.475 e. The molecule has 0 radical (unpaired) electrons. The van der Waals surface area contributed by atoms with Gasteiger partial charge < -0.3 is 20.7 Å². The predicted octanol–water partition coefficient (Wildman–Crippen LogP) is 0.813. The number of nitrogens with zero attached hydrogens (tertiary/aromatic N) is 1. The third kappa shape index (κ3) is 6.12. The van der Waals surface area contributed by atoms with Crippen molar-refractivity contribution >= 4 is 19.2 Å². The van der Waals surface area contributed by atoms with Crippen LogP contribution in [0, 0.1) is 11.3 Å². The SMILES string of the molecule is CC(C#N)=Cc1cccc(CNC(=O)NC(C)B(O)O)c1. The monoisotopic (exact) mass is 287 g/mol. The molecule has 0 saturated carbocycles. The molecule has 1 aromatic rings. The van der Waals surface area contributed by atoms with Crippen LogP contribution in [0.3, 0.4) is 0 Å². The Morgan fingerprint density at radius 1 is 1.52 bits per heavy atom. The molecule has 1 unspecified atom stereocenters. The van der Waals surface area contributed by atoms with Crippen LogP contribution in [0.25, 0.3) is 6.08 Å². The first-order valence-electron chi connectivity index (χ1n) is 6.50. The zero-order valence-corrected chi connectivity index (χ0v) is 12.0. The molecule has 1 aromatic carbocycles. The molecule has 110 valence electrons. The van der Waals surface area contributed by atoms with Crippen molar-refractivity contribution in [2.24, 2.45) is 0 Å². The molecule has 6 nitrogen and oxygen atoms in total. The molecule has 0 spiro atoms. The van der Waals surface area contributed by atoms with Gasteiger partial charge in [-0.05, 0) is 37.1 Å². The van der Waals surface area contributed by atoms with E-state index in [9.17, 15) is 4.79 Å². The Balaban J connectivity index is 2.59. The first-order valence-corrected chi connectivity index (χ1v) is 6.50. The molecule has 0 heterocycles. The van der Waals surface area contributed by atoms with E-state index >= 15 is 0 Å². The van der Waals surface area contributed by atoms with Crippen LogP contribution in [0.15, 0.2) is 29.8 Å². The van der Waals surface area contributed by atoms with Crippen molar-refractivity contribution in [2.75, 3.05) is 0 Å². The number of hydrogen-bond donors (Lipinski definition) is 4. The number of urea groups is 1. The lowest BCUT2D eigenvalue weighted by Crippen LogP contribution is -2.48. The van der Waals surface area contributed by atoms with Crippen molar-refractivity contribution in [1.29, 1.82) is 5.26 Å². The minimum absolute atomic E-state index is 0.299. The van der Waals surface area contributed by atoms with Gasteiger partial charge in [0.2, 0.25) is 0 Å². The van der Waals surface area contributed by atoms with Gasteiger partial charge in [-0.15, -0.1) is 0 Å². The van der Waals surface area contributed by atoms with Gasteiger partial charge in [-0.1, -0.05) is 18.2 Å². The highest BCUT2D eigenvalue weighted by Crippen LogP contribution is 2.09. The number of carbonyl (C=O) groups is 1. The summed E-state index contributed by atoms with van der Waals surface area (Å²) in [4.78, 5) is 11.5. The molecule has 21 heavy (non-hydrogen) atoms. The second kappa shape index (κ2) is 8.09. The van der Waals surface area contributed by atoms with E-state index in [1.54, 1.807) is 13.0 Å². The Bertz CT molecular complexity index is 567. The van der Waals surface area contributed by atoms with Crippen LogP contribution >= 0.6 is 0 Å². The maximum absolute atomic E-state index is 11.5. The van der Waals surface area contributed by atoms with Crippen LogP contribution in [0.4, 0.5) is 4.79 Å². The van der Waals surface area contributed by atoms with Gasteiger partial charge in [0.25, 0.3) is 0 Å². The zero-order valence-electron chi connectivity index (χ0n) is 12.0. The molecule has 1 atom stereocenters. The topological polar surface area (TPSA) is 105 Å². The van der Waals surface area contributed by atoms with Gasteiger partial charge in [-0.2, -0.15) is 5.26 Å². The van der Waals surface area contributed by atoms with Crippen LogP contribution in [-0.2, 0) is 6.54 Å². The largest absolute Gasteiger partial charge is 0.475 e. The van der Waals surface area contributed by atoms with Gasteiger partial charge >= 0.3 is 13.1 Å². The summed E-state index contributed by atoms with van der Waals surface area (Å²) in [6.45, 7) is 3.51. The van der Waals surface area contributed by atoms with Crippen molar-refractivity contribution in [3.63, 3.8) is 0 Å². The van der Waals surface area contributed by atoms with Gasteiger partial charge in [0.05, 0.1) is 12.0 Å². The second-order valence-corrected chi connectivity index (χ2v) is 4.71. The van der Waals surface area contributed by atoms with E-state index in [4.69, 9.17) is 15.3 Å². The summed E-state index contributed by atoms with van der Waals surface area (Å²) >= 11 is 0. The van der Waals surface area contributed by atoms with Crippen LogP contribution in [-0.4, -0.2) is 29.1 Å². The summed E-state index contributed by atoms with van der Waals surface area (Å²) in [5.41, 5.74) is 2.36. The second-order valence-electron chi connectivity index (χ2n) is 4.71. The zero-order chi connectivity index (χ0) is 15.8. The van der Waals surface area contributed by atoms with Gasteiger partial charge in [0.15, 0.2) is 0 Å². The Kier molecular flexibility index (Phi) is 6.46. The van der Waals surface area contributed by atoms with Crippen molar-refractivity contribution in [1.82, 2.24) is 10.6 Å². The summed E-state index contributed by atoms with van der Waals surface area (Å²) in [7, 11) is -1.60. The van der Waals surface area contributed by atoms with E-state index in [1.165, 1.54) is 6.92 Å². The number of allylic oxidation sites excluding steroid dienone is 1. The van der Waals surface area contributed by atoms with E-state index in [0.717, 1.165) is 11.1 Å². The molecule has 4 N–H and O–H groups in total. The van der Waals surface area contributed by atoms with E-state index in [0.29, 0.717) is 12.1 Å². The standard InChI is InChI=1S/C14H18BN3O3/c1-10(8-16)6-12-4-3-5-13(7-12)9-17-14(19)18-11(2)15(20)21/h3-7,11,20-21H,9H2,1-2H3,(H2,17,18,19). The molecule has 2 amide bonds. The number of nitriles is 1. The summed E-state index contributed by atoms with van der Waals surface area (Å²) < 4.78 is 0. The fourth-order valence-corrected chi connectivity index (χ4v) is 1.59. The number of amides is 2. The number of hydrogen-bond acceptors (Lipinski definition) is 4. The molecule has 0 aromatic heterocycles. The highest BCUT2D eigenvalue weighted by atomic mass is 16.4. The quantitative estimate of drug-likeness (QED) is 0.475. The number of rotatable bonds is 5. The molecular formula is C14H18BN3O3. The van der Waals surface area contributed by atoms with Crippen molar-refractivity contribution in [3.8, 4) is 6.07 Å². The van der Waals surface area contributed by atoms with E-state index in [1.807, 2.05) is 30.3 Å². The summed E-state index contributed by atoms with van der Waals surface area (Å²) in [5, 5.41) is 31.5. The minimum atomic E-state index is -1.60. The summed E-state index contributed by atoms with van der Waals surface area (Å²) in [6, 6.07) is 8.99. The van der Waals surface area contributed by atoms with Crippen molar-refractivity contribution in [3.05, 3.63) is 41.0 Å². The number of carbonyl (C=O) groups excluding carboxylic acids is 1. The normalized spacial score (nSPS) is 12.2. The lowest BCUT2D eigenvalue weighted by atomic mass is 9.81. The van der Waals surface area contributed by atoms with E-state index < -0.39 is 19.1 Å². The molecule has 7 heteroatoms. The van der Waals surface area contributed by atoms with Gasteiger partial charge in [-0.3, -0.25) is 0 Å². The number of benzene rings is 1. The first-order chi connectivity index (χ1) is 9.92. The lowest BCUT2D eigenvalue weighted by Gasteiger charge is -2.13. The van der Waals surface area contributed by atoms with Crippen LogP contribution in [0.5, 0.6) is 0 Å². The van der Waals surface area contributed by atoms with Crippen molar-refractivity contribution < 1.29 is 14.8 Å². The molecule has 0 saturated heterocycles. The highest BCUT2D eigenvalue weighted by Gasteiger charge is 2.19. The number of nitrogens with one attached hydrogen (secondary N) is 2. The average molecular weight is 287 g/mol. The van der Waals surface area contributed by atoms with Crippen LogP contribution in [0.2, 0.25) is 0 Å². The van der Waals surface area contributed by atoms with Gasteiger partial charge in [-0.25, -0.2) is 4.79 Å². The van der Waals surface area contributed by atoms with Gasteiger partial charge in [0, 0.05) is 12.1 Å². The lowest BCUT2D eigenvalue weighted by molar-refractivity contribution is 0.237. The fourth-order valence-electron chi connectivity index (χ4n) is 1.59. The first kappa shape index (κ1) is 16.8.